The zero-order valence-corrected chi connectivity index (χ0v) is 23.8. The SMILES string of the molecule is CCCNC(=O)[C@H](CC)N(Cc1ccccc1C)C(=O)CN(c1ccc(Oc2ccccc2)cc1)S(C)(=O)=O. The number of hydrogen-bond donors (Lipinski definition) is 1. The third-order valence-corrected chi connectivity index (χ3v) is 7.46. The van der Waals surface area contributed by atoms with Crippen LogP contribution in [0.5, 0.6) is 11.5 Å². The van der Waals surface area contributed by atoms with E-state index in [9.17, 15) is 18.0 Å². The summed E-state index contributed by atoms with van der Waals surface area (Å²) < 4.78 is 32.5. The molecule has 0 bridgehead atoms. The summed E-state index contributed by atoms with van der Waals surface area (Å²) in [4.78, 5) is 28.3. The van der Waals surface area contributed by atoms with Crippen LogP contribution in [0.15, 0.2) is 78.9 Å². The number of amides is 2. The third-order valence-electron chi connectivity index (χ3n) is 6.32. The molecule has 0 aromatic heterocycles. The Balaban J connectivity index is 1.89. The number of sulfonamides is 1. The molecule has 8 nitrogen and oxygen atoms in total. The molecule has 0 aliphatic heterocycles. The highest BCUT2D eigenvalue weighted by Crippen LogP contribution is 2.26. The number of rotatable bonds is 13. The van der Waals surface area contributed by atoms with Gasteiger partial charge >= 0.3 is 0 Å². The monoisotopic (exact) mass is 551 g/mol. The minimum absolute atomic E-state index is 0.186. The molecule has 0 saturated carbocycles. The predicted octanol–water partition coefficient (Wildman–Crippen LogP) is 4.89. The van der Waals surface area contributed by atoms with Crippen molar-refractivity contribution in [3.05, 3.63) is 90.0 Å². The molecule has 1 N–H and O–H groups in total. The van der Waals surface area contributed by atoms with E-state index in [0.717, 1.165) is 28.1 Å². The molecular formula is C30H37N3O5S. The molecule has 1 atom stereocenters. The number of hydrogen-bond acceptors (Lipinski definition) is 5. The van der Waals surface area contributed by atoms with Crippen molar-refractivity contribution < 1.29 is 22.7 Å². The van der Waals surface area contributed by atoms with Crippen molar-refractivity contribution in [3.8, 4) is 11.5 Å². The molecule has 9 heteroatoms. The summed E-state index contributed by atoms with van der Waals surface area (Å²) in [6, 6.07) is 22.6. The van der Waals surface area contributed by atoms with Gasteiger partial charge in [-0.05, 0) is 67.3 Å². The van der Waals surface area contributed by atoms with E-state index in [4.69, 9.17) is 4.74 Å². The molecule has 3 aromatic carbocycles. The molecule has 39 heavy (non-hydrogen) atoms. The lowest BCUT2D eigenvalue weighted by molar-refractivity contribution is -0.140. The van der Waals surface area contributed by atoms with Crippen LogP contribution in [0.25, 0.3) is 0 Å². The highest BCUT2D eigenvalue weighted by Gasteiger charge is 2.31. The number of anilines is 1. The Morgan fingerprint density at radius 3 is 2.10 bits per heavy atom. The van der Waals surface area contributed by atoms with Gasteiger partial charge in [-0.15, -0.1) is 0 Å². The molecule has 0 radical (unpaired) electrons. The normalized spacial score (nSPS) is 11.9. The summed E-state index contributed by atoms with van der Waals surface area (Å²) in [7, 11) is -3.82. The van der Waals surface area contributed by atoms with E-state index in [0.29, 0.717) is 30.2 Å². The van der Waals surface area contributed by atoms with Crippen molar-refractivity contribution in [1.29, 1.82) is 0 Å². The van der Waals surface area contributed by atoms with Crippen molar-refractivity contribution in [3.63, 3.8) is 0 Å². The Hall–Kier alpha value is -3.85. The molecule has 0 saturated heterocycles. The fraction of sp³-hybridized carbons (Fsp3) is 0.333. The van der Waals surface area contributed by atoms with Gasteiger partial charge in [0.15, 0.2) is 0 Å². The van der Waals surface area contributed by atoms with Gasteiger partial charge in [-0.3, -0.25) is 13.9 Å². The van der Waals surface area contributed by atoms with Gasteiger partial charge < -0.3 is 15.0 Å². The number of para-hydroxylation sites is 1. The van der Waals surface area contributed by atoms with Gasteiger partial charge in [-0.2, -0.15) is 0 Å². The number of carbonyl (C=O) groups is 2. The first kappa shape index (κ1) is 29.7. The van der Waals surface area contributed by atoms with Gasteiger partial charge in [0.05, 0.1) is 11.9 Å². The molecule has 0 unspecified atom stereocenters. The minimum Gasteiger partial charge on any atom is -0.457 e. The van der Waals surface area contributed by atoms with Gasteiger partial charge in [0.1, 0.15) is 24.1 Å². The summed E-state index contributed by atoms with van der Waals surface area (Å²) >= 11 is 0. The second-order valence-electron chi connectivity index (χ2n) is 9.34. The van der Waals surface area contributed by atoms with Gasteiger partial charge in [0.25, 0.3) is 0 Å². The second kappa shape index (κ2) is 13.8. The van der Waals surface area contributed by atoms with E-state index in [2.05, 4.69) is 5.32 Å². The Bertz CT molecular complexity index is 1340. The molecule has 0 aliphatic carbocycles. The summed E-state index contributed by atoms with van der Waals surface area (Å²) in [5, 5.41) is 2.88. The molecule has 208 valence electrons. The van der Waals surface area contributed by atoms with Crippen LogP contribution >= 0.6 is 0 Å². The van der Waals surface area contributed by atoms with Crippen molar-refractivity contribution in [2.75, 3.05) is 23.7 Å². The van der Waals surface area contributed by atoms with Gasteiger partial charge in [-0.25, -0.2) is 8.42 Å². The van der Waals surface area contributed by atoms with Gasteiger partial charge in [0, 0.05) is 13.1 Å². The largest absolute Gasteiger partial charge is 0.457 e. The highest BCUT2D eigenvalue weighted by atomic mass is 32.2. The molecule has 2 amide bonds. The summed E-state index contributed by atoms with van der Waals surface area (Å²) in [5.74, 6) is 0.463. The summed E-state index contributed by atoms with van der Waals surface area (Å²) in [6.07, 6.45) is 2.21. The lowest BCUT2D eigenvalue weighted by Gasteiger charge is -2.33. The van der Waals surface area contributed by atoms with Crippen LogP contribution < -0.4 is 14.4 Å². The second-order valence-corrected chi connectivity index (χ2v) is 11.2. The summed E-state index contributed by atoms with van der Waals surface area (Å²) in [5.41, 5.74) is 2.19. The maximum Gasteiger partial charge on any atom is 0.244 e. The Morgan fingerprint density at radius 2 is 1.51 bits per heavy atom. The summed E-state index contributed by atoms with van der Waals surface area (Å²) in [6.45, 7) is 5.98. The molecule has 0 fully saturated rings. The van der Waals surface area contributed by atoms with Crippen molar-refractivity contribution >= 4 is 27.5 Å². The Labute approximate surface area is 231 Å². The maximum atomic E-state index is 13.8. The first-order valence-corrected chi connectivity index (χ1v) is 14.9. The lowest BCUT2D eigenvalue weighted by atomic mass is 10.1. The Kier molecular flexibility index (Phi) is 10.5. The number of carbonyl (C=O) groups excluding carboxylic acids is 2. The first-order valence-electron chi connectivity index (χ1n) is 13.1. The number of benzene rings is 3. The molecular weight excluding hydrogens is 514 g/mol. The number of ether oxygens (including phenoxy) is 1. The van der Waals surface area contributed by atoms with Crippen LogP contribution in [0.2, 0.25) is 0 Å². The average molecular weight is 552 g/mol. The molecule has 0 heterocycles. The molecule has 3 rings (SSSR count). The van der Waals surface area contributed by atoms with Crippen molar-refractivity contribution in [2.45, 2.75) is 46.2 Å². The molecule has 0 spiro atoms. The number of nitrogens with one attached hydrogen (secondary N) is 1. The third kappa shape index (κ3) is 8.32. The fourth-order valence-electron chi connectivity index (χ4n) is 4.18. The van der Waals surface area contributed by atoms with Gasteiger partial charge in [-0.1, -0.05) is 56.3 Å². The van der Waals surface area contributed by atoms with Crippen molar-refractivity contribution in [1.82, 2.24) is 10.2 Å². The zero-order valence-electron chi connectivity index (χ0n) is 23.0. The van der Waals surface area contributed by atoms with Crippen LogP contribution in [-0.2, 0) is 26.2 Å². The van der Waals surface area contributed by atoms with Crippen LogP contribution in [0, 0.1) is 6.92 Å². The highest BCUT2D eigenvalue weighted by molar-refractivity contribution is 7.92. The number of nitrogens with zero attached hydrogens (tertiary/aromatic N) is 2. The predicted molar refractivity (Wildman–Crippen MR) is 154 cm³/mol. The van der Waals surface area contributed by atoms with Crippen LogP contribution in [0.4, 0.5) is 5.69 Å². The molecule has 0 aliphatic rings. The first-order chi connectivity index (χ1) is 18.6. The van der Waals surface area contributed by atoms with Gasteiger partial charge in [0.2, 0.25) is 21.8 Å². The lowest BCUT2D eigenvalue weighted by Crippen LogP contribution is -2.52. The van der Waals surface area contributed by atoms with E-state index in [1.54, 1.807) is 24.3 Å². The standard InChI is InChI=1S/C30H37N3O5S/c1-5-20-31-30(35)28(6-2)32(21-24-13-11-10-12-23(24)3)29(34)22-33(39(4,36)37)25-16-18-27(19-17-25)38-26-14-8-7-9-15-26/h7-19,28H,5-6,20-22H2,1-4H3,(H,31,35)/t28-/m0/s1. The van der Waals surface area contributed by atoms with E-state index in [1.807, 2.05) is 75.4 Å². The Morgan fingerprint density at radius 1 is 0.897 bits per heavy atom. The van der Waals surface area contributed by atoms with Crippen LogP contribution in [-0.4, -0.2) is 50.5 Å². The minimum atomic E-state index is -3.82. The zero-order chi connectivity index (χ0) is 28.4. The van der Waals surface area contributed by atoms with E-state index in [-0.39, 0.29) is 12.5 Å². The fourth-order valence-corrected chi connectivity index (χ4v) is 5.02. The smallest absolute Gasteiger partial charge is 0.244 e. The van der Waals surface area contributed by atoms with Crippen LogP contribution in [0.1, 0.15) is 37.8 Å². The average Bonchev–Trinajstić information content (AvgIpc) is 2.92. The van der Waals surface area contributed by atoms with E-state index >= 15 is 0 Å². The van der Waals surface area contributed by atoms with E-state index < -0.39 is 28.5 Å². The molecule has 3 aromatic rings. The van der Waals surface area contributed by atoms with E-state index in [1.165, 1.54) is 4.90 Å². The number of aryl methyl sites for hydroxylation is 1. The maximum absolute atomic E-state index is 13.8. The quantitative estimate of drug-likeness (QED) is 0.326. The topological polar surface area (TPSA) is 96.0 Å². The van der Waals surface area contributed by atoms with Crippen molar-refractivity contribution in [2.24, 2.45) is 0 Å². The van der Waals surface area contributed by atoms with Crippen LogP contribution in [0.3, 0.4) is 0 Å².